The molecule has 2 rings (SSSR count). The van der Waals surface area contributed by atoms with E-state index in [0.29, 0.717) is 0 Å². The van der Waals surface area contributed by atoms with E-state index < -0.39 is 0 Å². The summed E-state index contributed by atoms with van der Waals surface area (Å²) in [5, 5.41) is 7.86. The Bertz CT molecular complexity index is 318. The molecular formula is C7H5N4Y-. The summed E-state index contributed by atoms with van der Waals surface area (Å²) in [6.45, 7) is 0. The van der Waals surface area contributed by atoms with Gasteiger partial charge in [-0.05, 0) is 11.9 Å². The van der Waals surface area contributed by atoms with E-state index in [-0.39, 0.29) is 32.7 Å². The van der Waals surface area contributed by atoms with Crippen molar-refractivity contribution < 1.29 is 32.7 Å². The summed E-state index contributed by atoms with van der Waals surface area (Å²) in [5.41, 5.74) is 0.817. The van der Waals surface area contributed by atoms with Crippen molar-refractivity contribution in [1.82, 2.24) is 20.0 Å². The topological polar surface area (TPSA) is 43.6 Å². The maximum Gasteiger partial charge on any atom is 0.0679 e. The quantitative estimate of drug-likeness (QED) is 0.673. The van der Waals surface area contributed by atoms with E-state index in [4.69, 9.17) is 0 Å². The van der Waals surface area contributed by atoms with Crippen LogP contribution in [0.3, 0.4) is 0 Å². The molecule has 0 saturated carbocycles. The van der Waals surface area contributed by atoms with Gasteiger partial charge in [0.15, 0.2) is 0 Å². The van der Waals surface area contributed by atoms with E-state index in [1.165, 1.54) is 4.80 Å². The van der Waals surface area contributed by atoms with Crippen LogP contribution in [0.5, 0.6) is 0 Å². The number of pyridine rings is 1. The predicted molar refractivity (Wildman–Crippen MR) is 38.0 cm³/mol. The van der Waals surface area contributed by atoms with Gasteiger partial charge in [0.05, 0.1) is 12.4 Å². The molecule has 5 heteroatoms. The third-order valence-electron chi connectivity index (χ3n) is 1.24. The second-order valence-electron chi connectivity index (χ2n) is 1.96. The van der Waals surface area contributed by atoms with Crippen molar-refractivity contribution >= 4 is 0 Å². The fourth-order valence-corrected chi connectivity index (χ4v) is 0.775. The Morgan fingerprint density at radius 3 is 2.58 bits per heavy atom. The summed E-state index contributed by atoms with van der Waals surface area (Å²) >= 11 is 0. The summed E-state index contributed by atoms with van der Waals surface area (Å²) in [7, 11) is 0. The van der Waals surface area contributed by atoms with Gasteiger partial charge >= 0.3 is 0 Å². The first-order valence-electron chi connectivity index (χ1n) is 3.14. The number of nitrogens with zero attached hydrogens (tertiary/aromatic N) is 4. The molecule has 0 spiro atoms. The summed E-state index contributed by atoms with van der Waals surface area (Å²) in [6, 6.07) is 4.61. The second-order valence-corrected chi connectivity index (χ2v) is 1.96. The second kappa shape index (κ2) is 4.43. The fraction of sp³-hybridized carbons (Fsp3) is 0. The Morgan fingerprint density at radius 1 is 1.25 bits per heavy atom. The summed E-state index contributed by atoms with van der Waals surface area (Å²) < 4.78 is 0. The van der Waals surface area contributed by atoms with Crippen molar-refractivity contribution in [3.8, 4) is 5.69 Å². The molecule has 4 nitrogen and oxygen atoms in total. The van der Waals surface area contributed by atoms with Gasteiger partial charge in [-0.15, -0.1) is 0 Å². The molecule has 0 aliphatic carbocycles. The average Bonchev–Trinajstić information content (AvgIpc) is 2.58. The first-order chi connectivity index (χ1) is 5.47. The van der Waals surface area contributed by atoms with E-state index in [2.05, 4.69) is 21.2 Å². The largest absolute Gasteiger partial charge is 0.302 e. The molecule has 1 radical (unpaired) electrons. The van der Waals surface area contributed by atoms with Gasteiger partial charge in [-0.25, -0.2) is 16.9 Å². The van der Waals surface area contributed by atoms with Crippen molar-refractivity contribution in [2.75, 3.05) is 0 Å². The molecule has 2 aromatic heterocycles. The fourth-order valence-electron chi connectivity index (χ4n) is 0.775. The molecule has 0 amide bonds. The predicted octanol–water partition coefficient (Wildman–Crippen LogP) is 0.460. The molecule has 0 bridgehead atoms. The van der Waals surface area contributed by atoms with Crippen LogP contribution >= 0.6 is 0 Å². The van der Waals surface area contributed by atoms with Gasteiger partial charge in [0.25, 0.3) is 0 Å². The zero-order chi connectivity index (χ0) is 7.52. The van der Waals surface area contributed by atoms with Gasteiger partial charge in [0.2, 0.25) is 0 Å². The SMILES string of the molecule is [Y].[c-]1cncc(-n2nccn2)c1. The van der Waals surface area contributed by atoms with E-state index in [1.54, 1.807) is 30.9 Å². The first-order valence-corrected chi connectivity index (χ1v) is 3.14. The van der Waals surface area contributed by atoms with Crippen molar-refractivity contribution in [2.45, 2.75) is 0 Å². The van der Waals surface area contributed by atoms with Crippen LogP contribution in [0, 0.1) is 6.07 Å². The molecule has 0 unspecified atom stereocenters. The summed E-state index contributed by atoms with van der Waals surface area (Å²) in [4.78, 5) is 5.37. The van der Waals surface area contributed by atoms with Gasteiger partial charge < -0.3 is 4.98 Å². The van der Waals surface area contributed by atoms with Gasteiger partial charge in [-0.3, -0.25) is 0 Å². The Morgan fingerprint density at radius 2 is 2.00 bits per heavy atom. The zero-order valence-corrected chi connectivity index (χ0v) is 9.09. The molecule has 0 aliphatic rings. The van der Waals surface area contributed by atoms with Crippen LogP contribution in [0.4, 0.5) is 0 Å². The molecule has 0 aliphatic heterocycles. The van der Waals surface area contributed by atoms with E-state index >= 15 is 0 Å². The molecule has 57 valence electrons. The number of rotatable bonds is 1. The Kier molecular flexibility index (Phi) is 3.50. The maximum absolute atomic E-state index is 3.93. The standard InChI is InChI=1S/C7H5N4.Y/c1-2-7(6-8-3-1)11-9-4-5-10-11;/h2-6H;/q-1;. The molecule has 0 saturated heterocycles. The van der Waals surface area contributed by atoms with Crippen LogP contribution in [0.25, 0.3) is 5.69 Å². The first kappa shape index (κ1) is 9.48. The van der Waals surface area contributed by atoms with Crippen molar-refractivity contribution in [3.05, 3.63) is 36.9 Å². The molecule has 12 heavy (non-hydrogen) atoms. The van der Waals surface area contributed by atoms with Crippen molar-refractivity contribution in [3.63, 3.8) is 0 Å². The van der Waals surface area contributed by atoms with E-state index in [9.17, 15) is 0 Å². The number of hydrogen-bond acceptors (Lipinski definition) is 3. The van der Waals surface area contributed by atoms with E-state index in [1.807, 2.05) is 0 Å². The minimum atomic E-state index is 0. The van der Waals surface area contributed by atoms with Crippen molar-refractivity contribution in [1.29, 1.82) is 0 Å². The molecule has 0 aromatic carbocycles. The molecular weight excluding hydrogens is 229 g/mol. The molecule has 2 aromatic rings. The third kappa shape index (κ3) is 1.96. The van der Waals surface area contributed by atoms with Gasteiger partial charge in [0.1, 0.15) is 0 Å². The van der Waals surface area contributed by atoms with Crippen LogP contribution in [0.15, 0.2) is 30.9 Å². The summed E-state index contributed by atoms with van der Waals surface area (Å²) in [6.07, 6.45) is 6.50. The molecule has 2 heterocycles. The van der Waals surface area contributed by atoms with Gasteiger partial charge in [-0.2, -0.15) is 10.2 Å². The molecule has 0 fully saturated rings. The Balaban J connectivity index is 0.000000720. The Hall–Kier alpha value is -0.606. The smallest absolute Gasteiger partial charge is 0.0679 e. The monoisotopic (exact) mass is 234 g/mol. The van der Waals surface area contributed by atoms with Crippen LogP contribution in [0.1, 0.15) is 0 Å². The number of aromatic nitrogens is 4. The van der Waals surface area contributed by atoms with Crippen LogP contribution in [-0.2, 0) is 32.7 Å². The van der Waals surface area contributed by atoms with Crippen molar-refractivity contribution in [2.24, 2.45) is 0 Å². The average molecular weight is 234 g/mol. The minimum absolute atomic E-state index is 0. The Labute approximate surface area is 94.9 Å². The molecule has 0 N–H and O–H groups in total. The minimum Gasteiger partial charge on any atom is -0.302 e. The normalized spacial score (nSPS) is 9.00. The number of hydrogen-bond donors (Lipinski definition) is 0. The van der Waals surface area contributed by atoms with Gasteiger partial charge in [0, 0.05) is 32.7 Å². The maximum atomic E-state index is 3.93. The van der Waals surface area contributed by atoms with E-state index in [0.717, 1.165) is 5.69 Å². The van der Waals surface area contributed by atoms with Crippen LogP contribution in [0.2, 0.25) is 0 Å². The zero-order valence-electron chi connectivity index (χ0n) is 6.25. The summed E-state index contributed by atoms with van der Waals surface area (Å²) in [5.74, 6) is 0. The van der Waals surface area contributed by atoms with Crippen LogP contribution in [-0.4, -0.2) is 20.0 Å². The van der Waals surface area contributed by atoms with Crippen LogP contribution < -0.4 is 0 Å². The molecule has 0 atom stereocenters. The van der Waals surface area contributed by atoms with Gasteiger partial charge in [-0.1, -0.05) is 6.20 Å². The third-order valence-corrected chi connectivity index (χ3v) is 1.24.